The molecule has 2 aromatic carbocycles. The smallest absolute Gasteiger partial charge is 0.342 e. The summed E-state index contributed by atoms with van der Waals surface area (Å²) in [7, 11) is -0.608. The first kappa shape index (κ1) is 30.8. The number of rotatable bonds is 6. The van der Waals surface area contributed by atoms with Crippen molar-refractivity contribution in [2.24, 2.45) is 0 Å². The summed E-state index contributed by atoms with van der Waals surface area (Å²) in [6.45, 7) is 12.7. The van der Waals surface area contributed by atoms with Crippen LogP contribution in [0.25, 0.3) is 0 Å². The van der Waals surface area contributed by atoms with Gasteiger partial charge < -0.3 is 28.5 Å². The molecule has 0 bridgehead atoms. The van der Waals surface area contributed by atoms with Crippen LogP contribution in [0.15, 0.2) is 48.6 Å². The number of esters is 1. The molecule has 2 aromatic rings. The number of ether oxygens (including phenoxy) is 4. The highest BCUT2D eigenvalue weighted by Crippen LogP contribution is 2.40. The average Bonchev–Trinajstić information content (AvgIpc) is 3.63. The molecule has 2 aliphatic rings. The number of cyclic esters (lactones) is 1. The van der Waals surface area contributed by atoms with E-state index in [0.29, 0.717) is 24.3 Å². The minimum Gasteiger partial charge on any atom is -0.543 e. The highest BCUT2D eigenvalue weighted by Gasteiger charge is 2.46. The number of phenolic OH excluding ortho intramolecular Hbond substituents is 1. The minimum atomic E-state index is -2.23. The number of allylic oxidation sites excluding steroid dienone is 1. The van der Waals surface area contributed by atoms with Gasteiger partial charge in [0.1, 0.15) is 46.9 Å². The number of epoxide rings is 1. The van der Waals surface area contributed by atoms with Crippen LogP contribution in [-0.2, 0) is 32.0 Å². The Balaban J connectivity index is 1.56. The molecule has 0 spiro atoms. The fraction of sp³-hybridized carbons (Fsp3) is 0.500. The number of ketones is 1. The van der Waals surface area contributed by atoms with Gasteiger partial charge in [0.05, 0.1) is 19.8 Å². The summed E-state index contributed by atoms with van der Waals surface area (Å²) in [4.78, 5) is 26.3. The van der Waals surface area contributed by atoms with Crippen LogP contribution >= 0.6 is 0 Å². The average molecular weight is 583 g/mol. The monoisotopic (exact) mass is 582 g/mol. The molecule has 0 unspecified atom stereocenters. The highest BCUT2D eigenvalue weighted by molar-refractivity contribution is 6.74. The Kier molecular flexibility index (Phi) is 9.31. The van der Waals surface area contributed by atoms with Gasteiger partial charge in [-0.05, 0) is 54.4 Å². The second kappa shape index (κ2) is 12.4. The summed E-state index contributed by atoms with van der Waals surface area (Å²) in [5, 5.41) is 10.9. The van der Waals surface area contributed by atoms with Crippen molar-refractivity contribution >= 4 is 20.1 Å². The summed E-state index contributed by atoms with van der Waals surface area (Å²) in [5.41, 5.74) is 1.38. The quantitative estimate of drug-likeness (QED) is 0.187. The fourth-order valence-corrected chi connectivity index (χ4v) is 5.60. The van der Waals surface area contributed by atoms with Crippen molar-refractivity contribution in [1.29, 1.82) is 0 Å². The van der Waals surface area contributed by atoms with E-state index >= 15 is 0 Å². The predicted molar refractivity (Wildman–Crippen MR) is 158 cm³/mol. The zero-order valence-electron chi connectivity index (χ0n) is 25.1. The number of carbonyl (C=O) groups is 2. The summed E-state index contributed by atoms with van der Waals surface area (Å²) in [5.74, 6) is 0.170. The van der Waals surface area contributed by atoms with E-state index in [1.165, 1.54) is 6.07 Å². The lowest BCUT2D eigenvalue weighted by Gasteiger charge is -2.36. The summed E-state index contributed by atoms with van der Waals surface area (Å²) in [6.07, 6.45) is 3.04. The van der Waals surface area contributed by atoms with Crippen molar-refractivity contribution in [3.8, 4) is 17.2 Å². The first-order chi connectivity index (χ1) is 19.3. The lowest BCUT2D eigenvalue weighted by atomic mass is 9.98. The van der Waals surface area contributed by atoms with E-state index in [9.17, 15) is 14.7 Å². The summed E-state index contributed by atoms with van der Waals surface area (Å²) >= 11 is 0. The second-order valence-electron chi connectivity index (χ2n) is 12.4. The molecular weight excluding hydrogens is 540 g/mol. The molecule has 1 N–H and O–H groups in total. The molecule has 2 aliphatic heterocycles. The molecule has 0 amide bonds. The Bertz CT molecular complexity index is 1280. The number of hydrogen-bond acceptors (Lipinski definition) is 8. The molecule has 8 nitrogen and oxygen atoms in total. The van der Waals surface area contributed by atoms with Crippen LogP contribution < -0.4 is 9.16 Å². The van der Waals surface area contributed by atoms with Crippen LogP contribution in [0.4, 0.5) is 0 Å². The first-order valence-corrected chi connectivity index (χ1v) is 17.0. The molecule has 0 aliphatic carbocycles. The standard InChI is InChI=1S/C32H42O8Si/c1-20-15-28-30(39-28)27(37-19-21-11-13-24(36-5)14-12-21)10-8-9-23(33)16-22-17-25(40-41(6,7)32(2,3)4)18-26(34)29(22)31(35)38-20/h8,10-14,17-18,20,27-28,30,34H,9,15-16,19H2,1-7H3/b10-8+/t20-,27-,28+,30-/m1/s1. The molecule has 2 heterocycles. The van der Waals surface area contributed by atoms with E-state index in [0.717, 1.165) is 11.3 Å². The predicted octanol–water partition coefficient (Wildman–Crippen LogP) is 6.14. The van der Waals surface area contributed by atoms with Gasteiger partial charge in [0.25, 0.3) is 0 Å². The Labute approximate surface area is 243 Å². The third-order valence-electron chi connectivity index (χ3n) is 8.03. The van der Waals surface area contributed by atoms with Crippen LogP contribution in [0, 0.1) is 0 Å². The third-order valence-corrected chi connectivity index (χ3v) is 12.4. The molecule has 0 aromatic heterocycles. The number of methoxy groups -OCH3 is 1. The first-order valence-electron chi connectivity index (χ1n) is 14.1. The fourth-order valence-electron chi connectivity index (χ4n) is 4.58. The molecular formula is C32H42O8Si. The van der Waals surface area contributed by atoms with Gasteiger partial charge in [-0.2, -0.15) is 0 Å². The van der Waals surface area contributed by atoms with E-state index in [-0.39, 0.29) is 53.3 Å². The number of hydrogen-bond donors (Lipinski definition) is 1. The normalized spacial score (nSPS) is 24.4. The summed E-state index contributed by atoms with van der Waals surface area (Å²) in [6, 6.07) is 10.8. The van der Waals surface area contributed by atoms with Gasteiger partial charge in [0, 0.05) is 25.3 Å². The van der Waals surface area contributed by atoms with Crippen molar-refractivity contribution in [2.45, 2.75) is 96.1 Å². The van der Waals surface area contributed by atoms with Gasteiger partial charge in [-0.3, -0.25) is 4.79 Å². The maximum absolute atomic E-state index is 13.2. The highest BCUT2D eigenvalue weighted by atomic mass is 28.4. The third kappa shape index (κ3) is 7.78. The molecule has 41 heavy (non-hydrogen) atoms. The Morgan fingerprint density at radius 1 is 1.07 bits per heavy atom. The number of aromatic hydroxyl groups is 1. The maximum Gasteiger partial charge on any atom is 0.342 e. The molecule has 0 radical (unpaired) electrons. The van der Waals surface area contributed by atoms with Crippen LogP contribution in [0.1, 0.15) is 62.0 Å². The van der Waals surface area contributed by atoms with Crippen LogP contribution in [0.3, 0.4) is 0 Å². The molecule has 0 saturated carbocycles. The van der Waals surface area contributed by atoms with Crippen LogP contribution in [0.5, 0.6) is 17.2 Å². The van der Waals surface area contributed by atoms with Crippen molar-refractivity contribution in [1.82, 2.24) is 0 Å². The maximum atomic E-state index is 13.2. The van der Waals surface area contributed by atoms with Gasteiger partial charge in [0.2, 0.25) is 8.32 Å². The Hall–Kier alpha value is -3.14. The largest absolute Gasteiger partial charge is 0.543 e. The number of fused-ring (bicyclic) bond motifs is 2. The van der Waals surface area contributed by atoms with Gasteiger partial charge in [0.15, 0.2) is 0 Å². The minimum absolute atomic E-state index is 0.00258. The van der Waals surface area contributed by atoms with E-state index in [4.69, 9.17) is 23.4 Å². The number of phenols is 1. The van der Waals surface area contributed by atoms with Gasteiger partial charge >= 0.3 is 5.97 Å². The molecule has 1 fully saturated rings. The SMILES string of the molecule is COc1ccc(CO[C@@H]2/C=C/CC(=O)Cc3cc(O[Si](C)(C)C(C)(C)C)cc(O)c3C(=O)O[C@H](C)C[C@@H]3O[C@@H]32)cc1. The van der Waals surface area contributed by atoms with E-state index in [1.807, 2.05) is 30.3 Å². The topological polar surface area (TPSA) is 104 Å². The van der Waals surface area contributed by atoms with E-state index in [1.54, 1.807) is 26.2 Å². The van der Waals surface area contributed by atoms with Gasteiger partial charge in [-0.25, -0.2) is 4.79 Å². The number of benzene rings is 2. The molecule has 4 rings (SSSR count). The zero-order valence-corrected chi connectivity index (χ0v) is 26.1. The van der Waals surface area contributed by atoms with Crippen molar-refractivity contribution in [2.75, 3.05) is 7.11 Å². The molecule has 222 valence electrons. The van der Waals surface area contributed by atoms with Crippen LogP contribution in [0.2, 0.25) is 18.1 Å². The van der Waals surface area contributed by atoms with Crippen molar-refractivity contribution in [3.63, 3.8) is 0 Å². The molecule has 9 heteroatoms. The Morgan fingerprint density at radius 2 is 1.78 bits per heavy atom. The molecule has 4 atom stereocenters. The Morgan fingerprint density at radius 3 is 2.44 bits per heavy atom. The zero-order chi connectivity index (χ0) is 29.9. The molecule has 1 saturated heterocycles. The van der Waals surface area contributed by atoms with Gasteiger partial charge in [-0.1, -0.05) is 45.1 Å². The van der Waals surface area contributed by atoms with Crippen molar-refractivity contribution in [3.05, 3.63) is 65.2 Å². The lowest BCUT2D eigenvalue weighted by Crippen LogP contribution is -2.43. The lowest BCUT2D eigenvalue weighted by molar-refractivity contribution is -0.117. The van der Waals surface area contributed by atoms with Gasteiger partial charge in [-0.15, -0.1) is 0 Å². The van der Waals surface area contributed by atoms with E-state index < -0.39 is 20.4 Å². The van der Waals surface area contributed by atoms with Crippen LogP contribution in [-0.4, -0.2) is 56.7 Å². The summed E-state index contributed by atoms with van der Waals surface area (Å²) < 4.78 is 29.4. The van der Waals surface area contributed by atoms with E-state index in [2.05, 4.69) is 33.9 Å². The second-order valence-corrected chi connectivity index (χ2v) is 17.1. The number of carbonyl (C=O) groups excluding carboxylic acids is 2. The number of Topliss-reactive ketones (excluding diaryl/α,β-unsaturated/α-hetero) is 1. The van der Waals surface area contributed by atoms with Crippen molar-refractivity contribution < 1.29 is 38.1 Å².